The molecule has 3 rings (SSSR count). The second-order valence-corrected chi connectivity index (χ2v) is 5.37. The maximum absolute atomic E-state index is 12.1. The van der Waals surface area contributed by atoms with Crippen molar-refractivity contribution in [2.75, 3.05) is 14.1 Å². The summed E-state index contributed by atoms with van der Waals surface area (Å²) >= 11 is 0. The highest BCUT2D eigenvalue weighted by molar-refractivity contribution is 5.99. The van der Waals surface area contributed by atoms with E-state index in [0.29, 0.717) is 12.3 Å². The zero-order chi connectivity index (χ0) is 15.5. The zero-order valence-corrected chi connectivity index (χ0v) is 12.7. The van der Waals surface area contributed by atoms with Crippen molar-refractivity contribution in [2.24, 2.45) is 0 Å². The van der Waals surface area contributed by atoms with Crippen LogP contribution in [0.25, 0.3) is 10.9 Å². The van der Waals surface area contributed by atoms with Crippen LogP contribution in [-0.4, -0.2) is 29.9 Å². The van der Waals surface area contributed by atoms with Crippen LogP contribution in [0.2, 0.25) is 0 Å². The minimum Gasteiger partial charge on any atom is -0.488 e. The number of aromatic nitrogens is 1. The number of nitrogens with zero attached hydrogens (tertiary/aromatic N) is 1. The summed E-state index contributed by atoms with van der Waals surface area (Å²) in [6.07, 6.45) is 0. The van der Waals surface area contributed by atoms with Crippen molar-refractivity contribution in [1.29, 1.82) is 0 Å². The van der Waals surface area contributed by atoms with Crippen molar-refractivity contribution in [3.63, 3.8) is 0 Å². The van der Waals surface area contributed by atoms with E-state index < -0.39 is 0 Å². The van der Waals surface area contributed by atoms with Gasteiger partial charge in [-0.15, -0.1) is 0 Å². The van der Waals surface area contributed by atoms with Gasteiger partial charge >= 0.3 is 0 Å². The highest BCUT2D eigenvalue weighted by Crippen LogP contribution is 2.27. The van der Waals surface area contributed by atoms with Gasteiger partial charge < -0.3 is 14.6 Å². The first kappa shape index (κ1) is 14.2. The van der Waals surface area contributed by atoms with Gasteiger partial charge in [-0.2, -0.15) is 0 Å². The number of benzene rings is 2. The summed E-state index contributed by atoms with van der Waals surface area (Å²) in [5.74, 6) is 0.723. The number of nitrogens with one attached hydrogen (secondary N) is 1. The first-order valence-electron chi connectivity index (χ1n) is 7.15. The molecule has 22 heavy (non-hydrogen) atoms. The first-order chi connectivity index (χ1) is 10.6. The molecule has 112 valence electrons. The number of H-pyrrole nitrogens is 1. The molecule has 0 spiro atoms. The van der Waals surface area contributed by atoms with Crippen molar-refractivity contribution in [1.82, 2.24) is 9.88 Å². The molecule has 0 aliphatic carbocycles. The van der Waals surface area contributed by atoms with Gasteiger partial charge in [-0.25, -0.2) is 0 Å². The number of carbonyl (C=O) groups excluding carboxylic acids is 1. The predicted octanol–water partition coefficient (Wildman–Crippen LogP) is 3.45. The quantitative estimate of drug-likeness (QED) is 0.801. The van der Waals surface area contributed by atoms with Crippen LogP contribution in [0.1, 0.15) is 16.1 Å². The number of carbonyl (C=O) groups is 1. The van der Waals surface area contributed by atoms with E-state index in [1.54, 1.807) is 19.0 Å². The Labute approximate surface area is 129 Å². The van der Waals surface area contributed by atoms with E-state index in [2.05, 4.69) is 4.98 Å². The van der Waals surface area contributed by atoms with Crippen LogP contribution in [-0.2, 0) is 6.61 Å². The molecule has 1 N–H and O–H groups in total. The Morgan fingerprint density at radius 2 is 1.86 bits per heavy atom. The molecule has 4 nitrogen and oxygen atoms in total. The van der Waals surface area contributed by atoms with Crippen molar-refractivity contribution >= 4 is 16.8 Å². The van der Waals surface area contributed by atoms with Gasteiger partial charge in [0.25, 0.3) is 5.91 Å². The lowest BCUT2D eigenvalue weighted by atomic mass is 10.2. The normalized spacial score (nSPS) is 10.6. The highest BCUT2D eigenvalue weighted by atomic mass is 16.5. The Balaban J connectivity index is 1.88. The number of amides is 1. The molecule has 3 aromatic rings. The van der Waals surface area contributed by atoms with Crippen molar-refractivity contribution < 1.29 is 9.53 Å². The lowest BCUT2D eigenvalue weighted by Gasteiger charge is -2.07. The number of hydrogen-bond donors (Lipinski definition) is 1. The highest BCUT2D eigenvalue weighted by Gasteiger charge is 2.13. The molecule has 0 bridgehead atoms. The summed E-state index contributed by atoms with van der Waals surface area (Å²) < 4.78 is 5.91. The lowest BCUT2D eigenvalue weighted by Crippen LogP contribution is -2.21. The van der Waals surface area contributed by atoms with E-state index in [1.807, 2.05) is 54.6 Å². The fraction of sp³-hybridized carbons (Fsp3) is 0.167. The average Bonchev–Trinajstić information content (AvgIpc) is 2.97. The lowest BCUT2D eigenvalue weighted by molar-refractivity contribution is 0.0823. The molecule has 0 fully saturated rings. The Morgan fingerprint density at radius 1 is 1.09 bits per heavy atom. The zero-order valence-electron chi connectivity index (χ0n) is 12.7. The van der Waals surface area contributed by atoms with E-state index in [0.717, 1.165) is 22.2 Å². The molecule has 1 aromatic heterocycles. The van der Waals surface area contributed by atoms with Crippen molar-refractivity contribution in [2.45, 2.75) is 6.61 Å². The minimum absolute atomic E-state index is 0.0507. The molecule has 0 saturated heterocycles. The van der Waals surface area contributed by atoms with Gasteiger partial charge in [0, 0.05) is 25.0 Å². The molecule has 2 aromatic carbocycles. The van der Waals surface area contributed by atoms with Crippen LogP contribution >= 0.6 is 0 Å². The Morgan fingerprint density at radius 3 is 2.59 bits per heavy atom. The van der Waals surface area contributed by atoms with Gasteiger partial charge in [0.15, 0.2) is 0 Å². The fourth-order valence-corrected chi connectivity index (χ4v) is 2.34. The summed E-state index contributed by atoms with van der Waals surface area (Å²) in [6, 6.07) is 17.6. The van der Waals surface area contributed by atoms with Crippen molar-refractivity contribution in [3.05, 3.63) is 65.9 Å². The third-order valence-electron chi connectivity index (χ3n) is 3.50. The molecule has 0 radical (unpaired) electrons. The second kappa shape index (κ2) is 5.93. The topological polar surface area (TPSA) is 45.3 Å². The Hall–Kier alpha value is -2.75. The Kier molecular flexibility index (Phi) is 3.83. The van der Waals surface area contributed by atoms with Crippen LogP contribution in [0, 0.1) is 0 Å². The largest absolute Gasteiger partial charge is 0.488 e. The smallest absolute Gasteiger partial charge is 0.269 e. The predicted molar refractivity (Wildman–Crippen MR) is 87.1 cm³/mol. The fourth-order valence-electron chi connectivity index (χ4n) is 2.34. The molecule has 4 heteroatoms. The second-order valence-electron chi connectivity index (χ2n) is 5.37. The summed E-state index contributed by atoms with van der Waals surface area (Å²) in [7, 11) is 3.47. The van der Waals surface area contributed by atoms with Gasteiger partial charge in [0.1, 0.15) is 18.1 Å². The number of hydrogen-bond acceptors (Lipinski definition) is 2. The summed E-state index contributed by atoms with van der Waals surface area (Å²) in [5, 5.41) is 0.920. The maximum Gasteiger partial charge on any atom is 0.269 e. The first-order valence-corrected chi connectivity index (χ1v) is 7.15. The van der Waals surface area contributed by atoms with E-state index in [9.17, 15) is 4.79 Å². The third kappa shape index (κ3) is 2.81. The molecular formula is C18H18N2O2. The monoisotopic (exact) mass is 294 g/mol. The molecule has 0 atom stereocenters. The summed E-state index contributed by atoms with van der Waals surface area (Å²) in [5.41, 5.74) is 2.58. The number of rotatable bonds is 4. The average molecular weight is 294 g/mol. The van der Waals surface area contributed by atoms with E-state index in [4.69, 9.17) is 4.74 Å². The molecule has 0 aliphatic rings. The molecule has 0 saturated carbocycles. The van der Waals surface area contributed by atoms with Gasteiger partial charge in [-0.1, -0.05) is 36.4 Å². The van der Waals surface area contributed by atoms with Crippen LogP contribution in [0.5, 0.6) is 5.75 Å². The molecular weight excluding hydrogens is 276 g/mol. The number of aromatic amines is 1. The molecule has 0 unspecified atom stereocenters. The standard InChI is InChI=1S/C18H18N2O2/c1-20(2)18(21)16-11-14-15(19-16)9-6-10-17(14)22-12-13-7-4-3-5-8-13/h3-11,19H,12H2,1-2H3. The van der Waals surface area contributed by atoms with E-state index in [1.165, 1.54) is 0 Å². The third-order valence-corrected chi connectivity index (χ3v) is 3.50. The van der Waals surface area contributed by atoms with Gasteiger partial charge in [-0.05, 0) is 23.8 Å². The SMILES string of the molecule is CN(C)C(=O)c1cc2c(OCc3ccccc3)cccc2[nH]1. The molecule has 1 amide bonds. The van der Waals surface area contributed by atoms with Crippen LogP contribution in [0.15, 0.2) is 54.6 Å². The van der Waals surface area contributed by atoms with Gasteiger partial charge in [-0.3, -0.25) is 4.79 Å². The summed E-state index contributed by atoms with van der Waals surface area (Å²) in [6.45, 7) is 0.502. The number of fused-ring (bicyclic) bond motifs is 1. The van der Waals surface area contributed by atoms with Crippen LogP contribution in [0.3, 0.4) is 0 Å². The van der Waals surface area contributed by atoms with E-state index in [-0.39, 0.29) is 5.91 Å². The van der Waals surface area contributed by atoms with Crippen molar-refractivity contribution in [3.8, 4) is 5.75 Å². The Bertz CT molecular complexity index is 791. The maximum atomic E-state index is 12.1. The van der Waals surface area contributed by atoms with Gasteiger partial charge in [0.05, 0.1) is 0 Å². The molecule has 0 aliphatic heterocycles. The summed E-state index contributed by atoms with van der Waals surface area (Å²) in [4.78, 5) is 16.8. The molecule has 1 heterocycles. The number of ether oxygens (including phenoxy) is 1. The minimum atomic E-state index is -0.0507. The van der Waals surface area contributed by atoms with Crippen LogP contribution < -0.4 is 4.74 Å². The van der Waals surface area contributed by atoms with Gasteiger partial charge in [0.2, 0.25) is 0 Å². The van der Waals surface area contributed by atoms with Crippen LogP contribution in [0.4, 0.5) is 0 Å². The van der Waals surface area contributed by atoms with E-state index >= 15 is 0 Å².